The maximum Gasteiger partial charge on any atom is 0.257 e. The van der Waals surface area contributed by atoms with Gasteiger partial charge in [-0.3, -0.25) is 10.1 Å². The number of methoxy groups -OCH3 is 2. The Labute approximate surface area is 171 Å². The Hall–Kier alpha value is -2.75. The smallest absolute Gasteiger partial charge is 0.257 e. The average Bonchev–Trinajstić information content (AvgIpc) is 2.97. The highest BCUT2D eigenvalue weighted by Gasteiger charge is 2.23. The predicted molar refractivity (Wildman–Crippen MR) is 109 cm³/mol. The van der Waals surface area contributed by atoms with Crippen molar-refractivity contribution >= 4 is 32.6 Å². The Bertz CT molecular complexity index is 1010. The molecule has 1 unspecified atom stereocenters. The van der Waals surface area contributed by atoms with Crippen molar-refractivity contribution in [2.45, 2.75) is 12.5 Å². The zero-order chi connectivity index (χ0) is 20.2. The largest absolute Gasteiger partial charge is 0.494 e. The summed E-state index contributed by atoms with van der Waals surface area (Å²) < 4.78 is 23.2. The van der Waals surface area contributed by atoms with Gasteiger partial charge in [0, 0.05) is 36.6 Å². The molecule has 1 aromatic carbocycles. The van der Waals surface area contributed by atoms with Crippen molar-refractivity contribution in [2.24, 2.45) is 0 Å². The van der Waals surface area contributed by atoms with Crippen LogP contribution in [0.5, 0.6) is 11.6 Å². The third-order valence-electron chi connectivity index (χ3n) is 4.54. The molecule has 1 saturated heterocycles. The highest BCUT2D eigenvalue weighted by Crippen LogP contribution is 2.39. The number of pyridine rings is 1. The molecule has 1 N–H and O–H groups in total. The summed E-state index contributed by atoms with van der Waals surface area (Å²) in [6.45, 7) is 1.80. The van der Waals surface area contributed by atoms with Crippen LogP contribution in [-0.2, 0) is 9.47 Å². The summed E-state index contributed by atoms with van der Waals surface area (Å²) in [5, 5.41) is 3.31. The minimum atomic E-state index is -0.288. The highest BCUT2D eigenvalue weighted by atomic mass is 32.1. The first-order valence-corrected chi connectivity index (χ1v) is 9.99. The van der Waals surface area contributed by atoms with Crippen molar-refractivity contribution in [3.63, 3.8) is 0 Å². The predicted octanol–water partition coefficient (Wildman–Crippen LogP) is 3.44. The lowest BCUT2D eigenvalue weighted by atomic mass is 10.1. The maximum atomic E-state index is 12.6. The number of carbonyl (C=O) groups excluding carboxylic acids is 1. The number of rotatable bonds is 5. The molecular formula is C20H21N3O5S. The van der Waals surface area contributed by atoms with E-state index in [4.69, 9.17) is 18.9 Å². The number of hydrogen-bond acceptors (Lipinski definition) is 8. The molecule has 29 heavy (non-hydrogen) atoms. The number of thiazole rings is 1. The Morgan fingerprint density at radius 3 is 2.97 bits per heavy atom. The molecule has 3 aromatic rings. The number of hydrogen-bond donors (Lipinski definition) is 1. The lowest BCUT2D eigenvalue weighted by Crippen LogP contribution is -2.12. The van der Waals surface area contributed by atoms with Gasteiger partial charge >= 0.3 is 0 Å². The Morgan fingerprint density at radius 1 is 1.24 bits per heavy atom. The van der Waals surface area contributed by atoms with Crippen LogP contribution in [0.3, 0.4) is 0 Å². The van der Waals surface area contributed by atoms with Gasteiger partial charge in [0.05, 0.1) is 25.5 Å². The van der Waals surface area contributed by atoms with Gasteiger partial charge in [-0.25, -0.2) is 9.97 Å². The zero-order valence-corrected chi connectivity index (χ0v) is 17.0. The molecule has 0 radical (unpaired) electrons. The second-order valence-electron chi connectivity index (χ2n) is 6.38. The van der Waals surface area contributed by atoms with E-state index in [9.17, 15) is 4.79 Å². The monoisotopic (exact) mass is 415 g/mol. The molecule has 1 aliphatic heterocycles. The van der Waals surface area contributed by atoms with Gasteiger partial charge in [-0.15, -0.1) is 0 Å². The Kier molecular flexibility index (Phi) is 5.89. The summed E-state index contributed by atoms with van der Waals surface area (Å²) in [6, 6.07) is 7.13. The van der Waals surface area contributed by atoms with E-state index in [1.54, 1.807) is 19.2 Å². The van der Waals surface area contributed by atoms with Gasteiger partial charge < -0.3 is 18.9 Å². The minimum Gasteiger partial charge on any atom is -0.494 e. The lowest BCUT2D eigenvalue weighted by Gasteiger charge is -2.18. The van der Waals surface area contributed by atoms with Crippen LogP contribution in [0.15, 0.2) is 30.5 Å². The molecule has 1 fully saturated rings. The average molecular weight is 415 g/mol. The van der Waals surface area contributed by atoms with Crippen LogP contribution >= 0.6 is 11.3 Å². The van der Waals surface area contributed by atoms with E-state index < -0.39 is 0 Å². The number of nitrogens with zero attached hydrogens (tertiary/aromatic N) is 2. The van der Waals surface area contributed by atoms with Crippen LogP contribution in [0.25, 0.3) is 10.2 Å². The molecule has 1 aliphatic rings. The molecule has 3 heterocycles. The van der Waals surface area contributed by atoms with Crippen LogP contribution in [0, 0.1) is 0 Å². The second-order valence-corrected chi connectivity index (χ2v) is 7.41. The lowest BCUT2D eigenvalue weighted by molar-refractivity contribution is 0.0240. The quantitative estimate of drug-likeness (QED) is 0.682. The van der Waals surface area contributed by atoms with E-state index >= 15 is 0 Å². The topological polar surface area (TPSA) is 91.8 Å². The molecule has 8 nitrogen and oxygen atoms in total. The third kappa shape index (κ3) is 4.16. The molecule has 1 atom stereocenters. The minimum absolute atomic E-state index is 0.208. The van der Waals surface area contributed by atoms with Crippen LogP contribution < -0.4 is 14.8 Å². The number of aromatic nitrogens is 2. The number of carbonyl (C=O) groups is 1. The molecular weight excluding hydrogens is 394 g/mol. The first-order chi connectivity index (χ1) is 14.2. The van der Waals surface area contributed by atoms with E-state index in [1.165, 1.54) is 24.6 Å². The summed E-state index contributed by atoms with van der Waals surface area (Å²) in [5.41, 5.74) is 2.02. The third-order valence-corrected chi connectivity index (χ3v) is 5.48. The Balaban J connectivity index is 1.62. The maximum absolute atomic E-state index is 12.6. The van der Waals surface area contributed by atoms with E-state index in [0.29, 0.717) is 47.7 Å². The molecule has 0 aliphatic carbocycles. The molecule has 1 amide bonds. The summed E-state index contributed by atoms with van der Waals surface area (Å²) in [5.74, 6) is 0.726. The number of ether oxygens (including phenoxy) is 4. The van der Waals surface area contributed by atoms with Gasteiger partial charge in [0.1, 0.15) is 11.6 Å². The Morgan fingerprint density at radius 2 is 2.14 bits per heavy atom. The van der Waals surface area contributed by atoms with Crippen molar-refractivity contribution in [2.75, 3.05) is 39.4 Å². The van der Waals surface area contributed by atoms with Gasteiger partial charge in [0.2, 0.25) is 5.88 Å². The number of nitrogens with one attached hydrogen (secondary N) is 1. The van der Waals surface area contributed by atoms with Gasteiger partial charge in [-0.2, -0.15) is 0 Å². The van der Waals surface area contributed by atoms with E-state index in [1.807, 2.05) is 12.1 Å². The summed E-state index contributed by atoms with van der Waals surface area (Å²) in [7, 11) is 3.11. The van der Waals surface area contributed by atoms with E-state index in [2.05, 4.69) is 15.3 Å². The number of fused-ring (bicyclic) bond motifs is 1. The zero-order valence-electron chi connectivity index (χ0n) is 16.1. The van der Waals surface area contributed by atoms with Crippen molar-refractivity contribution in [1.29, 1.82) is 0 Å². The molecule has 0 bridgehead atoms. The standard InChI is InChI=1S/C20H21N3O5S/c1-25-16-10-12(6-7-21-16)19(24)23-20-22-17-15(29-20)5-4-13(18(17)26-2)14-11-27-8-3-9-28-14/h4-7,10,14H,3,8-9,11H2,1-2H3,(H,22,23,24). The molecule has 4 rings (SSSR count). The summed E-state index contributed by atoms with van der Waals surface area (Å²) in [4.78, 5) is 21.2. The number of amides is 1. The SMILES string of the molecule is COc1cc(C(=O)Nc2nc3c(OC)c(C4COCCCO4)ccc3s2)ccn1. The fourth-order valence-electron chi connectivity index (χ4n) is 3.14. The summed E-state index contributed by atoms with van der Waals surface area (Å²) in [6.07, 6.45) is 2.19. The van der Waals surface area contributed by atoms with Crippen molar-refractivity contribution in [3.8, 4) is 11.6 Å². The van der Waals surface area contributed by atoms with Crippen molar-refractivity contribution < 1.29 is 23.7 Å². The van der Waals surface area contributed by atoms with Gasteiger partial charge in [0.25, 0.3) is 5.91 Å². The first kappa shape index (κ1) is 19.6. The number of benzene rings is 1. The van der Waals surface area contributed by atoms with Crippen LogP contribution in [-0.4, -0.2) is 49.9 Å². The fourth-order valence-corrected chi connectivity index (χ4v) is 4.00. The van der Waals surface area contributed by atoms with Gasteiger partial charge in [-0.05, 0) is 18.6 Å². The highest BCUT2D eigenvalue weighted by molar-refractivity contribution is 7.22. The van der Waals surface area contributed by atoms with E-state index in [0.717, 1.165) is 16.7 Å². The molecule has 9 heteroatoms. The molecule has 2 aromatic heterocycles. The summed E-state index contributed by atoms with van der Waals surface area (Å²) >= 11 is 1.38. The van der Waals surface area contributed by atoms with Crippen LogP contribution in [0.2, 0.25) is 0 Å². The normalized spacial score (nSPS) is 17.0. The van der Waals surface area contributed by atoms with Crippen LogP contribution in [0.1, 0.15) is 28.4 Å². The van der Waals surface area contributed by atoms with Crippen molar-refractivity contribution in [1.82, 2.24) is 9.97 Å². The fraction of sp³-hybridized carbons (Fsp3) is 0.350. The molecule has 0 saturated carbocycles. The van der Waals surface area contributed by atoms with Gasteiger partial charge in [-0.1, -0.05) is 17.4 Å². The molecule has 0 spiro atoms. The van der Waals surface area contributed by atoms with Gasteiger partial charge in [0.15, 0.2) is 10.9 Å². The van der Waals surface area contributed by atoms with Crippen molar-refractivity contribution in [3.05, 3.63) is 41.6 Å². The van der Waals surface area contributed by atoms with Crippen LogP contribution in [0.4, 0.5) is 5.13 Å². The first-order valence-electron chi connectivity index (χ1n) is 9.17. The van der Waals surface area contributed by atoms with E-state index in [-0.39, 0.29) is 12.0 Å². The molecule has 152 valence electrons. The second kappa shape index (κ2) is 8.73. The number of anilines is 1.